The highest BCUT2D eigenvalue weighted by molar-refractivity contribution is 5.77. The van der Waals surface area contributed by atoms with E-state index < -0.39 is 0 Å². The Morgan fingerprint density at radius 3 is 2.86 bits per heavy atom. The molecule has 0 spiro atoms. The first-order valence-electron chi connectivity index (χ1n) is 8.35. The van der Waals surface area contributed by atoms with Crippen molar-refractivity contribution in [3.05, 3.63) is 24.2 Å². The summed E-state index contributed by atoms with van der Waals surface area (Å²) in [5.74, 6) is 1.21. The predicted molar refractivity (Wildman–Crippen MR) is 82.0 cm³/mol. The Labute approximate surface area is 127 Å². The molecule has 1 amide bonds. The summed E-state index contributed by atoms with van der Waals surface area (Å²) in [5.41, 5.74) is 0. The molecule has 116 valence electrons. The first-order chi connectivity index (χ1) is 10.3. The van der Waals surface area contributed by atoms with E-state index in [0.717, 1.165) is 31.7 Å². The number of likely N-dealkylation sites (tertiary alicyclic amines) is 2. The molecule has 3 heterocycles. The molecular weight excluding hydrogens is 264 g/mol. The minimum atomic E-state index is 0.303. The summed E-state index contributed by atoms with van der Waals surface area (Å²) in [4.78, 5) is 17.3. The summed E-state index contributed by atoms with van der Waals surface area (Å²) in [6.07, 6.45) is 7.83. The second-order valence-corrected chi connectivity index (χ2v) is 6.21. The third-order valence-electron chi connectivity index (χ3n) is 5.05. The van der Waals surface area contributed by atoms with Crippen LogP contribution in [0.3, 0.4) is 0 Å². The molecule has 0 N–H and O–H groups in total. The van der Waals surface area contributed by atoms with Gasteiger partial charge in [0.25, 0.3) is 0 Å². The molecule has 1 aromatic rings. The van der Waals surface area contributed by atoms with Gasteiger partial charge in [-0.15, -0.1) is 0 Å². The second kappa shape index (κ2) is 6.65. The lowest BCUT2D eigenvalue weighted by atomic mass is 10.0. The van der Waals surface area contributed by atoms with Crippen LogP contribution < -0.4 is 0 Å². The number of rotatable bonds is 5. The predicted octanol–water partition coefficient (Wildman–Crippen LogP) is 2.69. The van der Waals surface area contributed by atoms with Crippen LogP contribution in [0.4, 0.5) is 0 Å². The molecule has 2 unspecified atom stereocenters. The lowest BCUT2D eigenvalue weighted by molar-refractivity contribution is -0.133. The van der Waals surface area contributed by atoms with E-state index in [-0.39, 0.29) is 0 Å². The highest BCUT2D eigenvalue weighted by Crippen LogP contribution is 2.30. The van der Waals surface area contributed by atoms with Crippen LogP contribution in [-0.4, -0.2) is 47.4 Å². The van der Waals surface area contributed by atoms with Crippen molar-refractivity contribution in [2.75, 3.05) is 19.6 Å². The second-order valence-electron chi connectivity index (χ2n) is 6.21. The maximum absolute atomic E-state index is 12.6. The topological polar surface area (TPSA) is 36.7 Å². The molecule has 4 heteroatoms. The quantitative estimate of drug-likeness (QED) is 0.836. The summed E-state index contributed by atoms with van der Waals surface area (Å²) in [7, 11) is 0. The summed E-state index contributed by atoms with van der Waals surface area (Å²) >= 11 is 0. The average Bonchev–Trinajstić information content (AvgIpc) is 3.23. The fraction of sp³-hybridized carbons (Fsp3) is 0.706. The van der Waals surface area contributed by atoms with Crippen LogP contribution in [0, 0.1) is 0 Å². The number of amides is 1. The molecule has 2 fully saturated rings. The van der Waals surface area contributed by atoms with Gasteiger partial charge in [0.1, 0.15) is 5.76 Å². The van der Waals surface area contributed by atoms with E-state index in [1.54, 1.807) is 6.26 Å². The lowest BCUT2D eigenvalue weighted by Gasteiger charge is -2.34. The molecule has 0 saturated carbocycles. The van der Waals surface area contributed by atoms with Crippen molar-refractivity contribution in [2.24, 2.45) is 0 Å². The van der Waals surface area contributed by atoms with Gasteiger partial charge in [-0.2, -0.15) is 0 Å². The molecule has 21 heavy (non-hydrogen) atoms. The smallest absolute Gasteiger partial charge is 0.223 e. The van der Waals surface area contributed by atoms with Crippen molar-refractivity contribution in [2.45, 2.75) is 57.5 Å². The Morgan fingerprint density at radius 1 is 1.29 bits per heavy atom. The van der Waals surface area contributed by atoms with Crippen molar-refractivity contribution in [1.82, 2.24) is 9.80 Å². The normalized spacial score (nSPS) is 26.6. The zero-order valence-electron chi connectivity index (χ0n) is 13.0. The Balaban J connectivity index is 1.59. The van der Waals surface area contributed by atoms with Gasteiger partial charge < -0.3 is 9.32 Å². The summed E-state index contributed by atoms with van der Waals surface area (Å²) in [5, 5.41) is 0. The van der Waals surface area contributed by atoms with Crippen LogP contribution in [-0.2, 0) is 11.2 Å². The van der Waals surface area contributed by atoms with E-state index in [2.05, 4.69) is 16.7 Å². The third kappa shape index (κ3) is 3.15. The third-order valence-corrected chi connectivity index (χ3v) is 5.05. The maximum atomic E-state index is 12.6. The fourth-order valence-electron chi connectivity index (χ4n) is 4.01. The summed E-state index contributed by atoms with van der Waals surface area (Å²) in [6, 6.07) is 4.86. The number of hydrogen-bond donors (Lipinski definition) is 0. The van der Waals surface area contributed by atoms with Gasteiger partial charge in [0.05, 0.1) is 6.26 Å². The fourth-order valence-corrected chi connectivity index (χ4v) is 4.01. The van der Waals surface area contributed by atoms with E-state index in [1.165, 1.54) is 25.8 Å². The van der Waals surface area contributed by atoms with Gasteiger partial charge in [-0.05, 0) is 50.9 Å². The number of likely N-dealkylation sites (N-methyl/N-ethyl adjacent to an activating group) is 1. The molecule has 2 atom stereocenters. The molecule has 2 aliphatic heterocycles. The number of nitrogens with zero attached hydrogens (tertiary/aromatic N) is 2. The van der Waals surface area contributed by atoms with Crippen LogP contribution in [0.1, 0.15) is 44.8 Å². The minimum absolute atomic E-state index is 0.303. The van der Waals surface area contributed by atoms with Crippen molar-refractivity contribution in [3.63, 3.8) is 0 Å². The van der Waals surface area contributed by atoms with E-state index in [1.807, 2.05) is 12.1 Å². The maximum Gasteiger partial charge on any atom is 0.223 e. The number of aryl methyl sites for hydroxylation is 1. The van der Waals surface area contributed by atoms with Gasteiger partial charge >= 0.3 is 0 Å². The average molecular weight is 290 g/mol. The lowest BCUT2D eigenvalue weighted by Crippen LogP contribution is -2.48. The number of carbonyl (C=O) groups excluding carboxylic acids is 1. The Morgan fingerprint density at radius 2 is 2.10 bits per heavy atom. The molecule has 2 saturated heterocycles. The standard InChI is InChI=1S/C17H26N2O2/c1-2-18-11-3-7-15(18)16-8-4-12-19(16)17(20)10-9-14-6-5-13-21-14/h5-6,13,15-16H,2-4,7-12H2,1H3. The van der Waals surface area contributed by atoms with E-state index >= 15 is 0 Å². The highest BCUT2D eigenvalue weighted by Gasteiger charge is 2.38. The minimum Gasteiger partial charge on any atom is -0.469 e. The van der Waals surface area contributed by atoms with E-state index in [9.17, 15) is 4.79 Å². The molecule has 3 rings (SSSR count). The molecule has 0 aromatic carbocycles. The van der Waals surface area contributed by atoms with Crippen LogP contribution in [0.2, 0.25) is 0 Å². The van der Waals surface area contributed by atoms with Crippen molar-refractivity contribution in [1.29, 1.82) is 0 Å². The number of hydrogen-bond acceptors (Lipinski definition) is 3. The Hall–Kier alpha value is -1.29. The van der Waals surface area contributed by atoms with Gasteiger partial charge in [0.15, 0.2) is 0 Å². The molecule has 1 aromatic heterocycles. The monoisotopic (exact) mass is 290 g/mol. The van der Waals surface area contributed by atoms with Gasteiger partial charge in [-0.25, -0.2) is 0 Å². The largest absolute Gasteiger partial charge is 0.469 e. The van der Waals surface area contributed by atoms with Crippen LogP contribution in [0.25, 0.3) is 0 Å². The first-order valence-corrected chi connectivity index (χ1v) is 8.35. The van der Waals surface area contributed by atoms with Crippen LogP contribution in [0.5, 0.6) is 0 Å². The zero-order chi connectivity index (χ0) is 14.7. The van der Waals surface area contributed by atoms with Gasteiger partial charge in [0, 0.05) is 31.5 Å². The Kier molecular flexibility index (Phi) is 4.63. The Bertz CT molecular complexity index is 457. The van der Waals surface area contributed by atoms with Gasteiger partial charge in [-0.3, -0.25) is 9.69 Å². The van der Waals surface area contributed by atoms with E-state index in [0.29, 0.717) is 24.4 Å². The molecule has 0 aliphatic carbocycles. The van der Waals surface area contributed by atoms with Gasteiger partial charge in [0.2, 0.25) is 5.91 Å². The zero-order valence-corrected chi connectivity index (χ0v) is 13.0. The number of carbonyl (C=O) groups is 1. The molecule has 4 nitrogen and oxygen atoms in total. The molecular formula is C17H26N2O2. The first kappa shape index (κ1) is 14.6. The molecule has 0 radical (unpaired) electrons. The summed E-state index contributed by atoms with van der Waals surface area (Å²) < 4.78 is 5.33. The highest BCUT2D eigenvalue weighted by atomic mass is 16.3. The SMILES string of the molecule is CCN1CCCC1C1CCCN1C(=O)CCc1ccco1. The van der Waals surface area contributed by atoms with Crippen molar-refractivity contribution in [3.8, 4) is 0 Å². The van der Waals surface area contributed by atoms with Crippen molar-refractivity contribution < 1.29 is 9.21 Å². The van der Waals surface area contributed by atoms with E-state index in [4.69, 9.17) is 4.42 Å². The number of furan rings is 1. The van der Waals surface area contributed by atoms with Crippen LogP contribution in [0.15, 0.2) is 22.8 Å². The van der Waals surface area contributed by atoms with Crippen molar-refractivity contribution >= 4 is 5.91 Å². The summed E-state index contributed by atoms with van der Waals surface area (Å²) in [6.45, 7) is 5.48. The molecule has 0 bridgehead atoms. The molecule has 2 aliphatic rings. The van der Waals surface area contributed by atoms with Crippen LogP contribution >= 0.6 is 0 Å². The van der Waals surface area contributed by atoms with Gasteiger partial charge in [-0.1, -0.05) is 6.92 Å².